The smallest absolute Gasteiger partial charge is 0.373 e. The lowest BCUT2D eigenvalue weighted by Gasteiger charge is -2.28. The molecule has 38 heavy (non-hydrogen) atoms. The number of carbonyl (C=O) groups excluding carboxylic acids is 4. The molecule has 9 nitrogen and oxygen atoms in total. The maximum Gasteiger partial charge on any atom is 0.373 e. The predicted octanol–water partition coefficient (Wildman–Crippen LogP) is 3.44. The zero-order chi connectivity index (χ0) is 28.9. The molecule has 4 aliphatic carbocycles. The number of fused-ring (bicyclic) bond motifs is 2. The van der Waals surface area contributed by atoms with E-state index in [4.69, 9.17) is 28.0 Å². The highest BCUT2D eigenvalue weighted by atomic mass is 16.3. The summed E-state index contributed by atoms with van der Waals surface area (Å²) in [6.45, 7) is 19.6. The van der Waals surface area contributed by atoms with E-state index in [-0.39, 0.29) is 54.9 Å². The quantitative estimate of drug-likeness (QED) is 0.420. The van der Waals surface area contributed by atoms with Crippen molar-refractivity contribution in [3.05, 3.63) is 70.4 Å². The largest absolute Gasteiger partial charge is 0.392 e. The summed E-state index contributed by atoms with van der Waals surface area (Å²) < 4.78 is 0. The summed E-state index contributed by atoms with van der Waals surface area (Å²) in [5.41, 5.74) is 0.743. The van der Waals surface area contributed by atoms with Crippen molar-refractivity contribution >= 4 is 17.7 Å². The average Bonchev–Trinajstić information content (AvgIpc) is 3.21. The molecule has 0 aromatic heterocycles. The van der Waals surface area contributed by atoms with E-state index in [1.165, 1.54) is 6.92 Å². The minimum Gasteiger partial charge on any atom is -0.392 e. The van der Waals surface area contributed by atoms with Crippen molar-refractivity contribution in [1.29, 1.82) is 5.26 Å². The van der Waals surface area contributed by atoms with Gasteiger partial charge in [0.1, 0.15) is 0 Å². The molecule has 0 aromatic carbocycles. The number of hydrogen-bond acceptors (Lipinski definition) is 7. The molecule has 4 rings (SSSR count). The Morgan fingerprint density at radius 2 is 1.21 bits per heavy atom. The van der Waals surface area contributed by atoms with E-state index in [0.717, 1.165) is 11.1 Å². The second-order valence-corrected chi connectivity index (χ2v) is 9.90. The standard InChI is InChI=1S/2C13H15NO2.C2H3N.CO2/c2*1-13-7-9(8-15)3-5-11(14-2)10(13)4-6-12(13)16;1-2-3;2-1-3/h2*3-4,6,10-11,15H,5,7-8H2,1H3;1H3;/t10-,11?,13+;10-,11-,13+;;/m11../s1. The first-order chi connectivity index (χ1) is 18.1. The second-order valence-electron chi connectivity index (χ2n) is 9.90. The van der Waals surface area contributed by atoms with Crippen LogP contribution < -0.4 is 0 Å². The Hall–Kier alpha value is -3.93. The SMILES string of the molecule is CC#N.O=C=O.[C-]#[N+]C1CC=C(CO)C[C@]2(C)C(=O)C=C[C@H]12.[C-]#[N+][C@@H]1CC=C(CO)C[C@]2(C)C(=O)C=C[C@H]12. The van der Waals surface area contributed by atoms with E-state index < -0.39 is 10.8 Å². The van der Waals surface area contributed by atoms with Gasteiger partial charge in [0.25, 0.3) is 0 Å². The molecule has 4 aliphatic rings. The summed E-state index contributed by atoms with van der Waals surface area (Å²) in [4.78, 5) is 47.3. The summed E-state index contributed by atoms with van der Waals surface area (Å²) in [5.74, 6) is 0.176. The molecule has 1 unspecified atom stereocenters. The highest BCUT2D eigenvalue weighted by molar-refractivity contribution is 5.98. The van der Waals surface area contributed by atoms with Crippen LogP contribution in [-0.2, 0) is 19.2 Å². The van der Waals surface area contributed by atoms with E-state index in [1.54, 1.807) is 18.2 Å². The average molecular weight is 520 g/mol. The van der Waals surface area contributed by atoms with Gasteiger partial charge in [-0.2, -0.15) is 14.9 Å². The summed E-state index contributed by atoms with van der Waals surface area (Å²) >= 11 is 0. The summed E-state index contributed by atoms with van der Waals surface area (Å²) in [5, 5.41) is 25.8. The molecule has 0 heterocycles. The summed E-state index contributed by atoms with van der Waals surface area (Å²) in [6.07, 6.45) is 13.5. The third-order valence-corrected chi connectivity index (χ3v) is 7.56. The molecule has 0 bridgehead atoms. The molecule has 0 aromatic rings. The van der Waals surface area contributed by atoms with Gasteiger partial charge in [-0.1, -0.05) is 38.2 Å². The maximum atomic E-state index is 11.9. The Labute approximate surface area is 223 Å². The van der Waals surface area contributed by atoms with Gasteiger partial charge in [0, 0.05) is 30.6 Å². The fourth-order valence-corrected chi connectivity index (χ4v) is 5.49. The first-order valence-electron chi connectivity index (χ1n) is 12.1. The molecule has 6 atom stereocenters. The summed E-state index contributed by atoms with van der Waals surface area (Å²) in [6, 6.07) is 1.41. The highest BCUT2D eigenvalue weighted by Gasteiger charge is 2.51. The number of allylic oxidation sites excluding steroid dienone is 2. The molecule has 200 valence electrons. The van der Waals surface area contributed by atoms with Crippen molar-refractivity contribution in [1.82, 2.24) is 0 Å². The molecule has 0 fully saturated rings. The van der Waals surface area contributed by atoms with Gasteiger partial charge in [-0.05, 0) is 36.1 Å². The highest BCUT2D eigenvalue weighted by Crippen LogP contribution is 2.47. The van der Waals surface area contributed by atoms with Crippen LogP contribution >= 0.6 is 0 Å². The zero-order valence-corrected chi connectivity index (χ0v) is 21.9. The molecule has 0 aliphatic heterocycles. The molecule has 0 saturated heterocycles. The van der Waals surface area contributed by atoms with Crippen molar-refractivity contribution in [2.24, 2.45) is 22.7 Å². The Morgan fingerprint density at radius 3 is 1.47 bits per heavy atom. The Balaban J connectivity index is 0.000000315. The number of carbonyl (C=O) groups is 2. The van der Waals surface area contributed by atoms with Gasteiger partial charge >= 0.3 is 6.15 Å². The van der Waals surface area contributed by atoms with Gasteiger partial charge in [-0.15, -0.1) is 0 Å². The topological polar surface area (TPSA) is 141 Å². The third kappa shape index (κ3) is 7.09. The van der Waals surface area contributed by atoms with Crippen molar-refractivity contribution < 1.29 is 29.4 Å². The van der Waals surface area contributed by atoms with Crippen molar-refractivity contribution in [3.63, 3.8) is 0 Å². The van der Waals surface area contributed by atoms with Gasteiger partial charge in [0.05, 0.1) is 31.1 Å². The molecule has 0 spiro atoms. The number of hydrogen-bond donors (Lipinski definition) is 2. The van der Waals surface area contributed by atoms with Crippen molar-refractivity contribution in [3.8, 4) is 6.07 Å². The van der Waals surface area contributed by atoms with Crippen LogP contribution in [0.1, 0.15) is 46.5 Å². The van der Waals surface area contributed by atoms with E-state index in [2.05, 4.69) is 9.69 Å². The lowest BCUT2D eigenvalue weighted by Crippen LogP contribution is -2.34. The molecular formula is C29H33N3O6. The van der Waals surface area contributed by atoms with E-state index in [9.17, 15) is 19.8 Å². The van der Waals surface area contributed by atoms with Crippen LogP contribution in [0, 0.1) is 47.1 Å². The fraction of sp³-hybridized carbons (Fsp3) is 0.517. The molecule has 0 saturated carbocycles. The van der Waals surface area contributed by atoms with Crippen LogP contribution in [0.4, 0.5) is 0 Å². The number of aliphatic hydroxyl groups is 2. The minimum absolute atomic E-state index is 0.00204. The Bertz CT molecular complexity index is 1090. The second kappa shape index (κ2) is 14.7. The van der Waals surface area contributed by atoms with Crippen LogP contribution in [0.15, 0.2) is 47.6 Å². The van der Waals surface area contributed by atoms with E-state index in [1.807, 2.05) is 38.2 Å². The van der Waals surface area contributed by atoms with Gasteiger partial charge in [0.15, 0.2) is 11.6 Å². The van der Waals surface area contributed by atoms with Crippen LogP contribution in [0.5, 0.6) is 0 Å². The van der Waals surface area contributed by atoms with Crippen molar-refractivity contribution in [2.75, 3.05) is 13.2 Å². The van der Waals surface area contributed by atoms with Crippen LogP contribution in [0.25, 0.3) is 9.69 Å². The Morgan fingerprint density at radius 1 is 0.895 bits per heavy atom. The van der Waals surface area contributed by atoms with Crippen molar-refractivity contribution in [2.45, 2.75) is 58.5 Å². The monoisotopic (exact) mass is 519 g/mol. The zero-order valence-electron chi connectivity index (χ0n) is 21.9. The van der Waals surface area contributed by atoms with Crippen LogP contribution in [-0.4, -0.2) is 53.2 Å². The minimum atomic E-state index is -0.514. The first-order valence-corrected chi connectivity index (χ1v) is 12.1. The maximum absolute atomic E-state index is 11.9. The normalized spacial score (nSPS) is 32.1. The Kier molecular flexibility index (Phi) is 12.4. The lowest BCUT2D eigenvalue weighted by molar-refractivity contribution is -0.191. The van der Waals surface area contributed by atoms with Gasteiger partial charge in [-0.3, -0.25) is 9.59 Å². The molecular weight excluding hydrogens is 486 g/mol. The summed E-state index contributed by atoms with van der Waals surface area (Å²) in [7, 11) is 0. The first kappa shape index (κ1) is 32.1. The number of aliphatic hydroxyl groups excluding tert-OH is 2. The van der Waals surface area contributed by atoms with Gasteiger partial charge < -0.3 is 19.9 Å². The van der Waals surface area contributed by atoms with Gasteiger partial charge in [0.2, 0.25) is 12.1 Å². The van der Waals surface area contributed by atoms with Crippen LogP contribution in [0.2, 0.25) is 0 Å². The number of ketones is 2. The predicted molar refractivity (Wildman–Crippen MR) is 137 cm³/mol. The molecule has 9 heteroatoms. The number of rotatable bonds is 2. The van der Waals surface area contributed by atoms with Crippen LogP contribution in [0.3, 0.4) is 0 Å². The van der Waals surface area contributed by atoms with Gasteiger partial charge in [-0.25, -0.2) is 13.1 Å². The lowest BCUT2D eigenvalue weighted by atomic mass is 9.72. The van der Waals surface area contributed by atoms with E-state index in [0.29, 0.717) is 25.7 Å². The third-order valence-electron chi connectivity index (χ3n) is 7.56. The molecule has 2 N–H and O–H groups in total. The molecule has 0 radical (unpaired) electrons. The number of nitrogens with zero attached hydrogens (tertiary/aromatic N) is 3. The van der Waals surface area contributed by atoms with E-state index >= 15 is 0 Å². The fourth-order valence-electron chi connectivity index (χ4n) is 5.49. The number of nitriles is 1. The molecule has 0 amide bonds.